The van der Waals surface area contributed by atoms with Crippen molar-refractivity contribution in [3.63, 3.8) is 0 Å². The lowest BCUT2D eigenvalue weighted by molar-refractivity contribution is 0.0953. The molecule has 7 nitrogen and oxygen atoms in total. The second-order valence-electron chi connectivity index (χ2n) is 5.76. The molecule has 26 heavy (non-hydrogen) atoms. The van der Waals surface area contributed by atoms with E-state index in [1.165, 1.54) is 21.9 Å². The van der Waals surface area contributed by atoms with Gasteiger partial charge in [-0.1, -0.05) is 6.07 Å². The van der Waals surface area contributed by atoms with E-state index in [4.69, 9.17) is 0 Å². The van der Waals surface area contributed by atoms with Crippen LogP contribution in [0.5, 0.6) is 0 Å². The number of fused-ring (bicyclic) bond motifs is 1. The average Bonchev–Trinajstić information content (AvgIpc) is 3.31. The monoisotopic (exact) mass is 385 g/mol. The number of thiazole rings is 1. The standard InChI is InChI=1S/C17H15N5O2S2/c1-9-16(26-10(2)19-9)17(24)18-8-11-6-15(23)22-14(20-11)7-12(21-22)13-4-3-5-25-13/h3-7,21H,8H2,1-2H3,(H,18,24). The van der Waals surface area contributed by atoms with E-state index in [0.717, 1.165) is 15.6 Å². The molecule has 0 aromatic carbocycles. The highest BCUT2D eigenvalue weighted by Gasteiger charge is 2.14. The number of aromatic amines is 1. The molecule has 0 saturated carbocycles. The van der Waals surface area contributed by atoms with E-state index in [0.29, 0.717) is 21.9 Å². The van der Waals surface area contributed by atoms with Gasteiger partial charge in [0.1, 0.15) is 4.88 Å². The number of nitrogens with one attached hydrogen (secondary N) is 2. The second-order valence-corrected chi connectivity index (χ2v) is 7.91. The third-order valence-corrected chi connectivity index (χ3v) is 5.80. The van der Waals surface area contributed by atoms with Gasteiger partial charge >= 0.3 is 0 Å². The van der Waals surface area contributed by atoms with E-state index in [1.54, 1.807) is 18.3 Å². The Hall–Kier alpha value is -2.78. The molecule has 0 aliphatic carbocycles. The molecule has 0 unspecified atom stereocenters. The average molecular weight is 385 g/mol. The van der Waals surface area contributed by atoms with Gasteiger partial charge in [-0.25, -0.2) is 14.5 Å². The summed E-state index contributed by atoms with van der Waals surface area (Å²) in [6.45, 7) is 3.85. The summed E-state index contributed by atoms with van der Waals surface area (Å²) >= 11 is 2.93. The number of carbonyl (C=O) groups excluding carboxylic acids is 1. The van der Waals surface area contributed by atoms with E-state index in [9.17, 15) is 9.59 Å². The Morgan fingerprint density at radius 3 is 2.85 bits per heavy atom. The molecule has 0 fully saturated rings. The minimum Gasteiger partial charge on any atom is -0.346 e. The number of amides is 1. The van der Waals surface area contributed by atoms with Gasteiger partial charge in [-0.05, 0) is 25.3 Å². The summed E-state index contributed by atoms with van der Waals surface area (Å²) in [5.74, 6) is -0.205. The van der Waals surface area contributed by atoms with Crippen molar-refractivity contribution in [1.29, 1.82) is 0 Å². The molecule has 1 amide bonds. The fourth-order valence-corrected chi connectivity index (χ4v) is 4.21. The third kappa shape index (κ3) is 3.06. The molecule has 0 spiro atoms. The van der Waals surface area contributed by atoms with Gasteiger partial charge in [0.25, 0.3) is 11.5 Å². The van der Waals surface area contributed by atoms with E-state index >= 15 is 0 Å². The highest BCUT2D eigenvalue weighted by molar-refractivity contribution is 7.13. The summed E-state index contributed by atoms with van der Waals surface area (Å²) in [7, 11) is 0. The predicted octanol–water partition coefficient (Wildman–Crippen LogP) is 2.75. The smallest absolute Gasteiger partial charge is 0.272 e. The number of rotatable bonds is 4. The first-order chi connectivity index (χ1) is 12.5. The molecule has 0 saturated heterocycles. The quantitative estimate of drug-likeness (QED) is 0.565. The number of nitrogens with zero attached hydrogens (tertiary/aromatic N) is 3. The Morgan fingerprint density at radius 1 is 1.31 bits per heavy atom. The lowest BCUT2D eigenvalue weighted by Gasteiger charge is -2.04. The van der Waals surface area contributed by atoms with Crippen LogP contribution in [0.3, 0.4) is 0 Å². The molecule has 0 atom stereocenters. The van der Waals surface area contributed by atoms with Gasteiger partial charge in [-0.3, -0.25) is 14.7 Å². The summed E-state index contributed by atoms with van der Waals surface area (Å²) < 4.78 is 1.40. The van der Waals surface area contributed by atoms with Crippen LogP contribution in [0.1, 0.15) is 26.1 Å². The lowest BCUT2D eigenvalue weighted by Crippen LogP contribution is -2.25. The summed E-state index contributed by atoms with van der Waals surface area (Å²) in [5, 5.41) is 8.68. The SMILES string of the molecule is Cc1nc(C)c(C(=O)NCc2cc(=O)n3[nH]c(-c4cccs4)cc3n2)s1. The summed E-state index contributed by atoms with van der Waals surface area (Å²) in [4.78, 5) is 35.0. The summed E-state index contributed by atoms with van der Waals surface area (Å²) in [6.07, 6.45) is 0. The van der Waals surface area contributed by atoms with Crippen LogP contribution in [0.2, 0.25) is 0 Å². The van der Waals surface area contributed by atoms with Crippen molar-refractivity contribution < 1.29 is 4.79 Å². The van der Waals surface area contributed by atoms with E-state index in [-0.39, 0.29) is 18.0 Å². The molecule has 132 valence electrons. The number of hydrogen-bond donors (Lipinski definition) is 2. The molecule has 0 radical (unpaired) electrons. The highest BCUT2D eigenvalue weighted by atomic mass is 32.1. The van der Waals surface area contributed by atoms with E-state index < -0.39 is 0 Å². The van der Waals surface area contributed by atoms with Crippen LogP contribution >= 0.6 is 22.7 Å². The highest BCUT2D eigenvalue weighted by Crippen LogP contribution is 2.23. The Morgan fingerprint density at radius 2 is 2.15 bits per heavy atom. The Balaban J connectivity index is 1.58. The summed E-state index contributed by atoms with van der Waals surface area (Å²) in [5.41, 5.74) is 2.36. The molecule has 0 aliphatic heterocycles. The molecule has 4 rings (SSSR count). The first-order valence-corrected chi connectivity index (χ1v) is 9.58. The molecule has 9 heteroatoms. The molecule has 2 N–H and O–H groups in total. The van der Waals surface area contributed by atoms with Gasteiger partial charge in [0.15, 0.2) is 5.65 Å². The van der Waals surface area contributed by atoms with Crippen molar-refractivity contribution in [2.24, 2.45) is 0 Å². The number of aromatic nitrogens is 4. The van der Waals surface area contributed by atoms with Crippen LogP contribution in [0.15, 0.2) is 34.4 Å². The zero-order valence-electron chi connectivity index (χ0n) is 14.1. The van der Waals surface area contributed by atoms with E-state index in [1.807, 2.05) is 30.5 Å². The molecule has 4 aromatic heterocycles. The van der Waals surface area contributed by atoms with Crippen molar-refractivity contribution in [2.45, 2.75) is 20.4 Å². The number of H-pyrrole nitrogens is 1. The topological polar surface area (TPSA) is 92.1 Å². The van der Waals surface area contributed by atoms with Crippen LogP contribution in [0, 0.1) is 13.8 Å². The van der Waals surface area contributed by atoms with Gasteiger partial charge in [0.2, 0.25) is 0 Å². The molecular weight excluding hydrogens is 370 g/mol. The van der Waals surface area contributed by atoms with Crippen molar-refractivity contribution in [1.82, 2.24) is 24.9 Å². The van der Waals surface area contributed by atoms with Crippen molar-refractivity contribution >= 4 is 34.2 Å². The Bertz CT molecular complexity index is 1150. The molecular formula is C17H15N5O2S2. The maximum absolute atomic E-state index is 12.3. The largest absolute Gasteiger partial charge is 0.346 e. The van der Waals surface area contributed by atoms with Crippen LogP contribution < -0.4 is 10.9 Å². The number of thiophene rings is 1. The first-order valence-electron chi connectivity index (χ1n) is 7.89. The molecule has 4 heterocycles. The Labute approximate surface area is 156 Å². The van der Waals surface area contributed by atoms with Crippen LogP contribution in [0.4, 0.5) is 0 Å². The van der Waals surface area contributed by atoms with Gasteiger partial charge < -0.3 is 5.32 Å². The predicted molar refractivity (Wildman–Crippen MR) is 102 cm³/mol. The maximum atomic E-state index is 12.3. The normalized spacial score (nSPS) is 11.2. The van der Waals surface area contributed by atoms with Crippen LogP contribution in [-0.4, -0.2) is 25.5 Å². The minimum atomic E-state index is -0.216. The maximum Gasteiger partial charge on any atom is 0.272 e. The fourth-order valence-electron chi connectivity index (χ4n) is 2.68. The molecule has 4 aromatic rings. The number of hydrogen-bond acceptors (Lipinski definition) is 6. The second kappa shape index (κ2) is 6.50. The lowest BCUT2D eigenvalue weighted by atomic mass is 10.3. The third-order valence-electron chi connectivity index (χ3n) is 3.83. The van der Waals surface area contributed by atoms with Crippen molar-refractivity contribution in [2.75, 3.05) is 0 Å². The first kappa shape index (κ1) is 16.7. The Kier molecular flexibility index (Phi) is 4.17. The van der Waals surface area contributed by atoms with Crippen molar-refractivity contribution in [3.8, 4) is 10.6 Å². The molecule has 0 bridgehead atoms. The fraction of sp³-hybridized carbons (Fsp3) is 0.176. The van der Waals surface area contributed by atoms with Crippen LogP contribution in [0.25, 0.3) is 16.2 Å². The number of carbonyl (C=O) groups is 1. The summed E-state index contributed by atoms with van der Waals surface area (Å²) in [6, 6.07) is 7.18. The zero-order chi connectivity index (χ0) is 18.3. The van der Waals surface area contributed by atoms with Crippen molar-refractivity contribution in [3.05, 3.63) is 61.3 Å². The van der Waals surface area contributed by atoms with Gasteiger partial charge in [0, 0.05) is 12.1 Å². The van der Waals surface area contributed by atoms with Gasteiger partial charge in [-0.2, -0.15) is 0 Å². The van der Waals surface area contributed by atoms with Gasteiger partial charge in [-0.15, -0.1) is 22.7 Å². The van der Waals surface area contributed by atoms with Gasteiger partial charge in [0.05, 0.1) is 33.5 Å². The minimum absolute atomic E-state index is 0.181. The van der Waals surface area contributed by atoms with E-state index in [2.05, 4.69) is 20.4 Å². The van der Waals surface area contributed by atoms with Crippen LogP contribution in [-0.2, 0) is 6.54 Å². The molecule has 0 aliphatic rings. The zero-order valence-corrected chi connectivity index (χ0v) is 15.7. The number of aryl methyl sites for hydroxylation is 2.